The van der Waals surface area contributed by atoms with E-state index < -0.39 is 10.1 Å². The van der Waals surface area contributed by atoms with E-state index in [1.165, 1.54) is 25.3 Å². The fourth-order valence-electron chi connectivity index (χ4n) is 6.27. The summed E-state index contributed by atoms with van der Waals surface area (Å²) in [7, 11) is -1.36. The number of aliphatic hydroxyl groups is 2. The molecule has 20 heteroatoms. The fraction of sp³-hybridized carbons (Fsp3) is 0.341. The molecule has 0 bridgehead atoms. The maximum atomic E-state index is 11.9. The van der Waals surface area contributed by atoms with E-state index in [1.54, 1.807) is 30.2 Å². The van der Waals surface area contributed by atoms with Crippen molar-refractivity contribution in [3.63, 3.8) is 0 Å². The van der Waals surface area contributed by atoms with Crippen molar-refractivity contribution in [3.05, 3.63) is 78.9 Å². The first-order chi connectivity index (χ1) is 29.5. The summed E-state index contributed by atoms with van der Waals surface area (Å²) in [6, 6.07) is 21.9. The van der Waals surface area contributed by atoms with Crippen LogP contribution in [-0.2, 0) is 10.1 Å². The number of aliphatic hydroxyl groups excluding tert-OH is 2. The molecule has 0 aliphatic heterocycles. The zero-order chi connectivity index (χ0) is 43.9. The third kappa shape index (κ3) is 11.8. The van der Waals surface area contributed by atoms with E-state index in [-0.39, 0.29) is 60.4 Å². The van der Waals surface area contributed by atoms with E-state index >= 15 is 0 Å². The van der Waals surface area contributed by atoms with Gasteiger partial charge in [-0.2, -0.15) is 33.6 Å². The molecular weight excluding hydrogens is 805 g/mol. The SMILES string of the molecule is CCN(CC)c1cc(Nc2nc(Nc3cc(N(CC)CC)c(OC)cc3/N=N/c3cccc(S(=O)(=O)O)c3)nc(N(CCO)CCO)n2)c(/N=N/c2ccccc2)cc1OC. The Morgan fingerprint density at radius 1 is 0.607 bits per heavy atom. The van der Waals surface area contributed by atoms with E-state index in [2.05, 4.69) is 40.9 Å². The van der Waals surface area contributed by atoms with Gasteiger partial charge in [0.1, 0.15) is 22.9 Å². The average Bonchev–Trinajstić information content (AvgIpc) is 3.26. The number of ether oxygens (including phenoxy) is 2. The van der Waals surface area contributed by atoms with Crippen LogP contribution >= 0.6 is 0 Å². The van der Waals surface area contributed by atoms with Gasteiger partial charge >= 0.3 is 0 Å². The molecule has 5 rings (SSSR count). The summed E-state index contributed by atoms with van der Waals surface area (Å²) in [5.74, 6) is 1.35. The molecule has 61 heavy (non-hydrogen) atoms. The van der Waals surface area contributed by atoms with Crippen LogP contribution in [0.5, 0.6) is 11.5 Å². The van der Waals surface area contributed by atoms with Gasteiger partial charge in [-0.05, 0) is 70.2 Å². The van der Waals surface area contributed by atoms with Gasteiger partial charge in [0.05, 0.1) is 66.5 Å². The van der Waals surface area contributed by atoms with Crippen LogP contribution in [-0.4, -0.2) is 105 Å². The number of rotatable bonds is 22. The Bertz CT molecular complexity index is 2390. The first-order valence-corrected chi connectivity index (χ1v) is 21.1. The van der Waals surface area contributed by atoms with Gasteiger partial charge in [0.25, 0.3) is 10.1 Å². The third-order valence-corrected chi connectivity index (χ3v) is 10.2. The van der Waals surface area contributed by atoms with E-state index in [0.717, 1.165) is 11.4 Å². The van der Waals surface area contributed by atoms with Gasteiger partial charge in [0.15, 0.2) is 0 Å². The molecule has 1 aromatic heterocycles. The molecule has 5 N–H and O–H groups in total. The first kappa shape index (κ1) is 45.6. The summed E-state index contributed by atoms with van der Waals surface area (Å²) < 4.78 is 44.9. The number of azo groups is 2. The highest BCUT2D eigenvalue weighted by molar-refractivity contribution is 7.85. The molecule has 0 fully saturated rings. The summed E-state index contributed by atoms with van der Waals surface area (Å²) in [6.07, 6.45) is 0. The smallest absolute Gasteiger partial charge is 0.294 e. The van der Waals surface area contributed by atoms with Crippen LogP contribution in [0.3, 0.4) is 0 Å². The van der Waals surface area contributed by atoms with E-state index in [1.807, 2.05) is 70.2 Å². The average molecular weight is 857 g/mol. The second kappa shape index (κ2) is 21.7. The number of nitrogens with one attached hydrogen (secondary N) is 2. The molecule has 0 aliphatic rings. The largest absolute Gasteiger partial charge is 0.494 e. The lowest BCUT2D eigenvalue weighted by molar-refractivity contribution is 0.280. The highest BCUT2D eigenvalue weighted by Gasteiger charge is 2.21. The second-order valence-electron chi connectivity index (χ2n) is 13.1. The number of methoxy groups -OCH3 is 2. The molecule has 4 aromatic carbocycles. The minimum absolute atomic E-state index is 0.0544. The summed E-state index contributed by atoms with van der Waals surface area (Å²) in [6.45, 7) is 10.5. The maximum Gasteiger partial charge on any atom is 0.294 e. The molecule has 324 valence electrons. The van der Waals surface area contributed by atoms with Gasteiger partial charge in [-0.1, -0.05) is 24.3 Å². The standard InChI is InChI=1S/C41H52N12O7S/c1-7-51(8-2)35-24-31(33(26-37(35)59-5)49-47-28-15-12-11-13-16-28)42-39-44-40(46-41(45-39)53(19-21-54)20-22-55)43-32-25-36(52(9-3)10-4)38(60-6)27-34(32)50-48-29-17-14-18-30(23-29)61(56,57)58/h11-18,23-27,54-55H,7-10,19-22H2,1-6H3,(H,56,57,58)(H2,42,43,44,45,46)/b49-47+,50-48+. The molecule has 0 unspecified atom stereocenters. The summed E-state index contributed by atoms with van der Waals surface area (Å²) in [5.41, 5.74) is 3.91. The van der Waals surface area contributed by atoms with E-state index in [4.69, 9.17) is 24.4 Å². The predicted octanol–water partition coefficient (Wildman–Crippen LogP) is 7.94. The molecule has 1 heterocycles. The highest BCUT2D eigenvalue weighted by atomic mass is 32.2. The lowest BCUT2D eigenvalue weighted by Crippen LogP contribution is -2.31. The molecule has 5 aromatic rings. The number of aromatic nitrogens is 3. The minimum atomic E-state index is -4.49. The van der Waals surface area contributed by atoms with Crippen molar-refractivity contribution in [2.45, 2.75) is 32.6 Å². The van der Waals surface area contributed by atoms with Crippen LogP contribution in [0.15, 0.2) is 104 Å². The summed E-state index contributed by atoms with van der Waals surface area (Å²) in [4.78, 5) is 19.7. The van der Waals surface area contributed by atoms with E-state index in [0.29, 0.717) is 60.4 Å². The highest BCUT2D eigenvalue weighted by Crippen LogP contribution is 2.42. The van der Waals surface area contributed by atoms with Crippen LogP contribution in [0.1, 0.15) is 27.7 Å². The van der Waals surface area contributed by atoms with Crippen LogP contribution in [0.2, 0.25) is 0 Å². The fourth-order valence-corrected chi connectivity index (χ4v) is 6.79. The number of hydrogen-bond acceptors (Lipinski definition) is 18. The number of anilines is 7. The van der Waals surface area contributed by atoms with Crippen LogP contribution < -0.4 is 34.8 Å². The van der Waals surface area contributed by atoms with Crippen molar-refractivity contribution < 1.29 is 32.7 Å². The normalized spacial score (nSPS) is 11.6. The zero-order valence-electron chi connectivity index (χ0n) is 35.0. The third-order valence-electron chi connectivity index (χ3n) is 9.36. The Hall–Kier alpha value is -6.48. The minimum Gasteiger partial charge on any atom is -0.494 e. The molecule has 0 spiro atoms. The van der Waals surface area contributed by atoms with Gasteiger partial charge < -0.3 is 45.0 Å². The molecule has 0 atom stereocenters. The topological polar surface area (TPSA) is 235 Å². The zero-order valence-corrected chi connectivity index (χ0v) is 35.8. The van der Waals surface area contributed by atoms with Gasteiger partial charge in [-0.25, -0.2) is 0 Å². The number of hydrogen-bond donors (Lipinski definition) is 5. The van der Waals surface area contributed by atoms with Crippen molar-refractivity contribution in [3.8, 4) is 11.5 Å². The Balaban J connectivity index is 1.69. The van der Waals surface area contributed by atoms with Gasteiger partial charge in [-0.15, -0.1) is 10.2 Å². The van der Waals surface area contributed by atoms with Crippen molar-refractivity contribution in [2.75, 3.05) is 92.0 Å². The summed E-state index contributed by atoms with van der Waals surface area (Å²) >= 11 is 0. The van der Waals surface area contributed by atoms with Crippen molar-refractivity contribution >= 4 is 73.5 Å². The van der Waals surface area contributed by atoms with Crippen LogP contribution in [0.25, 0.3) is 0 Å². The second-order valence-corrected chi connectivity index (χ2v) is 14.5. The predicted molar refractivity (Wildman–Crippen MR) is 237 cm³/mol. The number of nitrogens with zero attached hydrogens (tertiary/aromatic N) is 10. The van der Waals surface area contributed by atoms with Crippen molar-refractivity contribution in [2.24, 2.45) is 20.5 Å². The lowest BCUT2D eigenvalue weighted by Gasteiger charge is -2.25. The number of benzene rings is 4. The Kier molecular flexibility index (Phi) is 16.2. The van der Waals surface area contributed by atoms with Gasteiger partial charge in [-0.3, -0.25) is 4.55 Å². The maximum absolute atomic E-state index is 11.9. The Morgan fingerprint density at radius 3 is 1.52 bits per heavy atom. The van der Waals surface area contributed by atoms with Crippen LogP contribution in [0.4, 0.5) is 63.3 Å². The van der Waals surface area contributed by atoms with Crippen LogP contribution in [0, 0.1) is 0 Å². The van der Waals surface area contributed by atoms with Crippen molar-refractivity contribution in [1.29, 1.82) is 0 Å². The molecular formula is C41H52N12O7S. The molecule has 19 nitrogen and oxygen atoms in total. The van der Waals surface area contributed by atoms with Crippen molar-refractivity contribution in [1.82, 2.24) is 15.0 Å². The molecule has 0 amide bonds. The summed E-state index contributed by atoms with van der Waals surface area (Å²) in [5, 5.41) is 44.4. The van der Waals surface area contributed by atoms with E-state index in [9.17, 15) is 23.2 Å². The van der Waals surface area contributed by atoms with Gasteiger partial charge in [0, 0.05) is 51.4 Å². The monoisotopic (exact) mass is 856 g/mol. The molecule has 0 saturated carbocycles. The lowest BCUT2D eigenvalue weighted by atomic mass is 10.2. The molecule has 0 saturated heterocycles. The first-order valence-electron chi connectivity index (χ1n) is 19.7. The Morgan fingerprint density at radius 2 is 1.08 bits per heavy atom. The quantitative estimate of drug-likeness (QED) is 0.0328. The molecule has 0 radical (unpaired) electrons. The van der Waals surface area contributed by atoms with Gasteiger partial charge in [0.2, 0.25) is 17.8 Å². The Labute approximate surface area is 355 Å². The molecule has 0 aliphatic carbocycles.